The Balaban J connectivity index is 0.000000190. The molecule has 110 valence electrons. The molecule has 0 amide bonds. The zero-order chi connectivity index (χ0) is 13.9. The molecule has 0 spiro atoms. The van der Waals surface area contributed by atoms with Gasteiger partial charge in [-0.05, 0) is 25.3 Å². The summed E-state index contributed by atoms with van der Waals surface area (Å²) in [5, 5.41) is 13.3. The molecule has 4 heteroatoms. The van der Waals surface area contributed by atoms with E-state index in [9.17, 15) is 9.90 Å². The second-order valence-electron chi connectivity index (χ2n) is 5.36. The predicted molar refractivity (Wildman–Crippen MR) is 74.4 cm³/mol. The fourth-order valence-corrected chi connectivity index (χ4v) is 2.52. The van der Waals surface area contributed by atoms with Crippen LogP contribution in [0.2, 0.25) is 0 Å². The van der Waals surface area contributed by atoms with Crippen molar-refractivity contribution < 1.29 is 14.8 Å². The smallest absolute Gasteiger partial charge is 0.135 e. The van der Waals surface area contributed by atoms with Crippen LogP contribution in [0, 0.1) is 0 Å². The number of carboxylic acid groups (broad SMARTS) is 1. The van der Waals surface area contributed by atoms with Crippen molar-refractivity contribution in [1.29, 1.82) is 0 Å². The Morgan fingerprint density at radius 3 is 2.84 bits per heavy atom. The average Bonchev–Trinajstić information content (AvgIpc) is 2.87. The van der Waals surface area contributed by atoms with Gasteiger partial charge in [-0.25, -0.2) is 0 Å². The molecule has 1 atom stereocenters. The summed E-state index contributed by atoms with van der Waals surface area (Å²) in [6.45, 7) is 5.78. The summed E-state index contributed by atoms with van der Waals surface area (Å²) in [5.74, 6) is -0.920. The number of aliphatic carboxylic acids is 1. The van der Waals surface area contributed by atoms with Gasteiger partial charge in [0.2, 0.25) is 0 Å². The third-order valence-electron chi connectivity index (χ3n) is 3.67. The number of hydrogen-bond donors (Lipinski definition) is 2. The Kier molecular flexibility index (Phi) is 8.50. The molecule has 2 rings (SSSR count). The molecule has 4 nitrogen and oxygen atoms in total. The van der Waals surface area contributed by atoms with Crippen LogP contribution >= 0.6 is 0 Å². The summed E-state index contributed by atoms with van der Waals surface area (Å²) in [6, 6.07) is 0. The summed E-state index contributed by atoms with van der Waals surface area (Å²) >= 11 is 0. The van der Waals surface area contributed by atoms with Gasteiger partial charge in [0.25, 0.3) is 0 Å². The van der Waals surface area contributed by atoms with Crippen LogP contribution in [0.25, 0.3) is 0 Å². The third kappa shape index (κ3) is 7.33. The number of quaternary nitrogens is 1. The van der Waals surface area contributed by atoms with Crippen molar-refractivity contribution in [3.63, 3.8) is 0 Å². The number of carbonyl (C=O) groups is 1. The first-order chi connectivity index (χ1) is 9.24. The molecule has 19 heavy (non-hydrogen) atoms. The average molecular weight is 268 g/mol. The van der Waals surface area contributed by atoms with E-state index in [0.29, 0.717) is 0 Å². The first-order valence-electron chi connectivity index (χ1n) is 7.68. The van der Waals surface area contributed by atoms with Crippen molar-refractivity contribution in [1.82, 2.24) is 5.32 Å². The van der Waals surface area contributed by atoms with E-state index >= 15 is 0 Å². The minimum absolute atomic E-state index is 0.226. The number of nitrogens with one attached hydrogen (secondary N) is 2. The van der Waals surface area contributed by atoms with Crippen LogP contribution in [-0.4, -0.2) is 25.7 Å². The van der Waals surface area contributed by atoms with Gasteiger partial charge in [0.15, 0.2) is 0 Å². The first kappa shape index (κ1) is 16.2. The van der Waals surface area contributed by atoms with E-state index in [4.69, 9.17) is 0 Å². The second-order valence-corrected chi connectivity index (χ2v) is 5.36. The second kappa shape index (κ2) is 9.98. The van der Waals surface area contributed by atoms with Gasteiger partial charge < -0.3 is 9.90 Å². The van der Waals surface area contributed by atoms with E-state index in [1.165, 1.54) is 32.2 Å². The lowest BCUT2D eigenvalue weighted by Crippen LogP contribution is -3.09. The van der Waals surface area contributed by atoms with Crippen LogP contribution in [0.15, 0.2) is 11.8 Å². The van der Waals surface area contributed by atoms with Gasteiger partial charge in [-0.3, -0.25) is 10.2 Å². The summed E-state index contributed by atoms with van der Waals surface area (Å²) < 4.78 is 0. The van der Waals surface area contributed by atoms with Crippen LogP contribution in [0.1, 0.15) is 58.3 Å². The SMILES string of the molecule is C1=C2CNC[NH+]2CCC1.CCCCCCCC(=O)[O-]. The molecular formula is C15H28N2O2. The molecule has 2 heterocycles. The molecule has 0 aromatic carbocycles. The molecule has 2 aliphatic heterocycles. The molecule has 1 unspecified atom stereocenters. The van der Waals surface area contributed by atoms with E-state index in [0.717, 1.165) is 32.5 Å². The van der Waals surface area contributed by atoms with Gasteiger partial charge in [-0.15, -0.1) is 0 Å². The van der Waals surface area contributed by atoms with Gasteiger partial charge in [0.05, 0.1) is 13.1 Å². The van der Waals surface area contributed by atoms with Crippen molar-refractivity contribution in [2.75, 3.05) is 19.8 Å². The Hall–Kier alpha value is -0.870. The van der Waals surface area contributed by atoms with E-state index in [2.05, 4.69) is 18.3 Å². The zero-order valence-electron chi connectivity index (χ0n) is 12.2. The van der Waals surface area contributed by atoms with Gasteiger partial charge in [0.1, 0.15) is 12.4 Å². The van der Waals surface area contributed by atoms with Gasteiger partial charge in [0, 0.05) is 12.4 Å². The van der Waals surface area contributed by atoms with Crippen molar-refractivity contribution in [2.24, 2.45) is 0 Å². The molecular weight excluding hydrogens is 240 g/mol. The highest BCUT2D eigenvalue weighted by Crippen LogP contribution is 2.03. The van der Waals surface area contributed by atoms with Crippen LogP contribution < -0.4 is 15.3 Å². The third-order valence-corrected chi connectivity index (χ3v) is 3.67. The fourth-order valence-electron chi connectivity index (χ4n) is 2.52. The zero-order valence-corrected chi connectivity index (χ0v) is 12.2. The lowest BCUT2D eigenvalue weighted by molar-refractivity contribution is -0.854. The molecule has 0 bridgehead atoms. The van der Waals surface area contributed by atoms with Crippen molar-refractivity contribution in [2.45, 2.75) is 58.3 Å². The standard InChI is InChI=1S/C8H16O2.C7H12N2/c1-2-3-4-5-6-7-8(9)10;1-2-4-9-6-8-5-7(9)3-1/h2-7H2,1H3,(H,9,10);3,8H,1-2,4-6H2. The highest BCUT2D eigenvalue weighted by Gasteiger charge is 2.23. The topological polar surface area (TPSA) is 56.6 Å². The summed E-state index contributed by atoms with van der Waals surface area (Å²) in [6.07, 6.45) is 10.7. The van der Waals surface area contributed by atoms with Gasteiger partial charge in [-0.2, -0.15) is 0 Å². The fraction of sp³-hybridized carbons (Fsp3) is 0.800. The maximum absolute atomic E-state index is 9.92. The van der Waals surface area contributed by atoms with Gasteiger partial charge >= 0.3 is 0 Å². The van der Waals surface area contributed by atoms with Gasteiger partial charge in [-0.1, -0.05) is 32.6 Å². The molecule has 0 radical (unpaired) electrons. The summed E-state index contributed by atoms with van der Waals surface area (Å²) in [4.78, 5) is 11.6. The molecule has 0 saturated carbocycles. The number of carbonyl (C=O) groups excluding carboxylic acids is 1. The Morgan fingerprint density at radius 2 is 2.16 bits per heavy atom. The lowest BCUT2D eigenvalue weighted by Gasteiger charge is -2.15. The van der Waals surface area contributed by atoms with Crippen LogP contribution in [0.3, 0.4) is 0 Å². The highest BCUT2D eigenvalue weighted by atomic mass is 16.4. The monoisotopic (exact) mass is 268 g/mol. The number of rotatable bonds is 6. The highest BCUT2D eigenvalue weighted by molar-refractivity contribution is 5.63. The molecule has 0 aliphatic carbocycles. The largest absolute Gasteiger partial charge is 0.550 e. The minimum Gasteiger partial charge on any atom is -0.550 e. The summed E-state index contributed by atoms with van der Waals surface area (Å²) in [5.41, 5.74) is 1.60. The van der Waals surface area contributed by atoms with Crippen LogP contribution in [-0.2, 0) is 4.79 Å². The summed E-state index contributed by atoms with van der Waals surface area (Å²) in [7, 11) is 0. The Labute approximate surface area is 116 Å². The Morgan fingerprint density at radius 1 is 1.37 bits per heavy atom. The van der Waals surface area contributed by atoms with E-state index in [1.807, 2.05) is 0 Å². The molecule has 0 aromatic heterocycles. The van der Waals surface area contributed by atoms with Crippen molar-refractivity contribution in [3.05, 3.63) is 11.8 Å². The van der Waals surface area contributed by atoms with Crippen molar-refractivity contribution in [3.8, 4) is 0 Å². The molecule has 1 saturated heterocycles. The first-order valence-corrected chi connectivity index (χ1v) is 7.68. The van der Waals surface area contributed by atoms with E-state index in [1.54, 1.807) is 10.6 Å². The molecule has 1 fully saturated rings. The lowest BCUT2D eigenvalue weighted by atomic mass is 10.1. The molecule has 2 N–H and O–H groups in total. The maximum atomic E-state index is 9.92. The molecule has 2 aliphatic rings. The molecule has 0 aromatic rings. The number of allylic oxidation sites excluding steroid dienone is 1. The minimum atomic E-state index is -0.920. The number of fused-ring (bicyclic) bond motifs is 1. The number of carboxylic acids is 1. The number of unbranched alkanes of at least 4 members (excludes halogenated alkanes) is 4. The normalized spacial score (nSPS) is 21.1. The van der Waals surface area contributed by atoms with E-state index < -0.39 is 5.97 Å². The number of hydrogen-bond acceptors (Lipinski definition) is 3. The van der Waals surface area contributed by atoms with Crippen LogP contribution in [0.5, 0.6) is 0 Å². The Bertz CT molecular complexity index is 290. The van der Waals surface area contributed by atoms with E-state index in [-0.39, 0.29) is 6.42 Å². The predicted octanol–water partition coefficient (Wildman–Crippen LogP) is 0.207. The van der Waals surface area contributed by atoms with Crippen molar-refractivity contribution >= 4 is 5.97 Å². The quantitative estimate of drug-likeness (QED) is 0.677. The maximum Gasteiger partial charge on any atom is 0.135 e. The van der Waals surface area contributed by atoms with Crippen LogP contribution in [0.4, 0.5) is 0 Å².